The van der Waals surface area contributed by atoms with Gasteiger partial charge in [0.2, 0.25) is 0 Å². The molecular formula is C18H27ClN4O3S. The molecule has 7 nitrogen and oxygen atoms in total. The summed E-state index contributed by atoms with van der Waals surface area (Å²) in [4.78, 5) is 24.9. The van der Waals surface area contributed by atoms with Crippen molar-refractivity contribution in [2.24, 2.45) is 5.92 Å². The molecule has 9 heteroatoms. The van der Waals surface area contributed by atoms with Gasteiger partial charge in [0.1, 0.15) is 6.04 Å². The number of hydrogen-bond donors (Lipinski definition) is 4. The Balaban J connectivity index is 2.64. The fraction of sp³-hybridized carbons (Fsp3) is 0.500. The maximum absolute atomic E-state index is 12.5. The molecule has 0 aliphatic carbocycles. The van der Waals surface area contributed by atoms with Gasteiger partial charge in [0.25, 0.3) is 11.8 Å². The number of nitrogens with one attached hydrogen (secondary N) is 4. The Morgan fingerprint density at radius 3 is 2.30 bits per heavy atom. The van der Waals surface area contributed by atoms with E-state index in [-0.39, 0.29) is 28.9 Å². The van der Waals surface area contributed by atoms with Crippen molar-refractivity contribution >= 4 is 40.7 Å². The van der Waals surface area contributed by atoms with Crippen molar-refractivity contribution in [1.82, 2.24) is 21.5 Å². The van der Waals surface area contributed by atoms with Gasteiger partial charge >= 0.3 is 0 Å². The number of thiocarbonyl (C=S) groups is 1. The summed E-state index contributed by atoms with van der Waals surface area (Å²) in [5, 5.41) is 6.52. The largest absolute Gasteiger partial charge is 0.383 e. The lowest BCUT2D eigenvalue weighted by atomic mass is 10.0. The summed E-state index contributed by atoms with van der Waals surface area (Å²) >= 11 is 11.0. The number of hydrogen-bond acceptors (Lipinski definition) is 4. The molecule has 0 fully saturated rings. The second-order valence-corrected chi connectivity index (χ2v) is 7.45. The molecule has 0 spiro atoms. The van der Waals surface area contributed by atoms with E-state index in [1.54, 1.807) is 31.4 Å². The molecule has 0 heterocycles. The number of ether oxygens (including phenoxy) is 1. The summed E-state index contributed by atoms with van der Waals surface area (Å²) in [6, 6.07) is 5.75. The van der Waals surface area contributed by atoms with Gasteiger partial charge in [-0.1, -0.05) is 25.4 Å². The molecule has 150 valence electrons. The van der Waals surface area contributed by atoms with Gasteiger partial charge in [-0.2, -0.15) is 0 Å². The molecule has 0 saturated carbocycles. The summed E-state index contributed by atoms with van der Waals surface area (Å²) in [6.45, 7) is 6.32. The highest BCUT2D eigenvalue weighted by Crippen LogP contribution is 2.11. The molecule has 2 amide bonds. The van der Waals surface area contributed by atoms with Crippen molar-refractivity contribution in [3.63, 3.8) is 0 Å². The van der Waals surface area contributed by atoms with Gasteiger partial charge in [-0.15, -0.1) is 0 Å². The number of carbonyl (C=O) groups excluding carboxylic acids is 2. The van der Waals surface area contributed by atoms with Crippen LogP contribution in [0.5, 0.6) is 0 Å². The van der Waals surface area contributed by atoms with Crippen LogP contribution in [0.4, 0.5) is 0 Å². The predicted octanol–water partition coefficient (Wildman–Crippen LogP) is 2.01. The van der Waals surface area contributed by atoms with Crippen molar-refractivity contribution in [3.8, 4) is 0 Å². The highest BCUT2D eigenvalue weighted by Gasteiger charge is 2.22. The highest BCUT2D eigenvalue weighted by atomic mass is 35.5. The van der Waals surface area contributed by atoms with Crippen molar-refractivity contribution in [2.75, 3.05) is 13.7 Å². The van der Waals surface area contributed by atoms with Crippen molar-refractivity contribution in [1.29, 1.82) is 0 Å². The normalized spacial score (nSPS) is 12.8. The van der Waals surface area contributed by atoms with Gasteiger partial charge in [0.05, 0.1) is 6.61 Å². The molecule has 0 saturated heterocycles. The van der Waals surface area contributed by atoms with Crippen LogP contribution in [0, 0.1) is 5.92 Å². The minimum Gasteiger partial charge on any atom is -0.383 e. The standard InChI is InChI=1S/C18H27ClN4O3S/c1-11(2)9-15(21-16(24)13-5-7-14(19)8-6-13)17(25)22-23-18(27)20-12(3)10-26-4/h5-8,11-12,15H,9-10H2,1-4H3,(H,21,24)(H,22,25)(H2,20,23,27)/t12-,15+/m0/s1. The first kappa shape index (κ1) is 23.1. The van der Waals surface area contributed by atoms with Gasteiger partial charge in [-0.05, 0) is 55.7 Å². The number of rotatable bonds is 8. The van der Waals surface area contributed by atoms with Crippen LogP contribution in [0.3, 0.4) is 0 Å². The zero-order chi connectivity index (χ0) is 20.4. The van der Waals surface area contributed by atoms with Crippen LogP contribution in [-0.2, 0) is 9.53 Å². The van der Waals surface area contributed by atoms with E-state index in [9.17, 15) is 9.59 Å². The van der Waals surface area contributed by atoms with E-state index < -0.39 is 6.04 Å². The Morgan fingerprint density at radius 1 is 1.11 bits per heavy atom. The third kappa shape index (κ3) is 9.03. The molecule has 1 aromatic carbocycles. The Labute approximate surface area is 170 Å². The second kappa shape index (κ2) is 11.7. The maximum Gasteiger partial charge on any atom is 0.260 e. The average molecular weight is 415 g/mol. The Bertz CT molecular complexity index is 640. The first-order chi connectivity index (χ1) is 12.7. The Kier molecular flexibility index (Phi) is 10.1. The minimum absolute atomic E-state index is 0.0111. The van der Waals surface area contributed by atoms with Crippen LogP contribution < -0.4 is 21.5 Å². The lowest BCUT2D eigenvalue weighted by molar-refractivity contribution is -0.123. The predicted molar refractivity (Wildman–Crippen MR) is 111 cm³/mol. The second-order valence-electron chi connectivity index (χ2n) is 6.61. The topological polar surface area (TPSA) is 91.5 Å². The molecular weight excluding hydrogens is 388 g/mol. The quantitative estimate of drug-likeness (QED) is 0.384. The van der Waals surface area contributed by atoms with E-state index in [4.69, 9.17) is 28.6 Å². The number of benzene rings is 1. The van der Waals surface area contributed by atoms with Crippen LogP contribution in [-0.4, -0.2) is 42.7 Å². The summed E-state index contributed by atoms with van der Waals surface area (Å²) in [6.07, 6.45) is 0.479. The molecule has 0 aliphatic rings. The molecule has 0 unspecified atom stereocenters. The third-order valence-corrected chi connectivity index (χ3v) is 4.00. The van der Waals surface area contributed by atoms with Crippen LogP contribution in [0.25, 0.3) is 0 Å². The number of hydrazine groups is 1. The molecule has 0 bridgehead atoms. The Hall–Kier alpha value is -1.90. The van der Waals surface area contributed by atoms with E-state index in [1.807, 2.05) is 20.8 Å². The maximum atomic E-state index is 12.5. The lowest BCUT2D eigenvalue weighted by Gasteiger charge is -2.22. The van der Waals surface area contributed by atoms with Gasteiger partial charge in [-0.3, -0.25) is 20.4 Å². The minimum atomic E-state index is -0.708. The number of halogens is 1. The van der Waals surface area contributed by atoms with Crippen LogP contribution in [0.15, 0.2) is 24.3 Å². The van der Waals surface area contributed by atoms with Crippen LogP contribution in [0.1, 0.15) is 37.6 Å². The number of carbonyl (C=O) groups is 2. The Morgan fingerprint density at radius 2 is 1.74 bits per heavy atom. The van der Waals surface area contributed by atoms with Gasteiger partial charge in [-0.25, -0.2) is 0 Å². The zero-order valence-electron chi connectivity index (χ0n) is 16.0. The van der Waals surface area contributed by atoms with Crippen molar-refractivity contribution in [3.05, 3.63) is 34.9 Å². The molecule has 1 aromatic rings. The van der Waals surface area contributed by atoms with Gasteiger partial charge in [0, 0.05) is 23.7 Å². The summed E-state index contributed by atoms with van der Waals surface area (Å²) < 4.78 is 5.01. The SMILES string of the molecule is COC[C@H](C)NC(=S)NNC(=O)[C@@H](CC(C)C)NC(=O)c1ccc(Cl)cc1. The summed E-state index contributed by atoms with van der Waals surface area (Å²) in [7, 11) is 1.59. The fourth-order valence-corrected chi connectivity index (χ4v) is 2.68. The number of amides is 2. The first-order valence-electron chi connectivity index (χ1n) is 8.64. The fourth-order valence-electron chi connectivity index (χ4n) is 2.30. The molecule has 0 aliphatic heterocycles. The molecule has 2 atom stereocenters. The van der Waals surface area contributed by atoms with Crippen LogP contribution in [0.2, 0.25) is 5.02 Å². The molecule has 0 radical (unpaired) electrons. The molecule has 1 rings (SSSR count). The first-order valence-corrected chi connectivity index (χ1v) is 9.43. The monoisotopic (exact) mass is 414 g/mol. The summed E-state index contributed by atoms with van der Waals surface area (Å²) in [5.41, 5.74) is 5.60. The summed E-state index contributed by atoms with van der Waals surface area (Å²) in [5.74, 6) is -0.519. The van der Waals surface area contributed by atoms with Crippen LogP contribution >= 0.6 is 23.8 Å². The van der Waals surface area contributed by atoms with E-state index in [0.717, 1.165) is 0 Å². The molecule has 0 aromatic heterocycles. The van der Waals surface area contributed by atoms with Crippen molar-refractivity contribution < 1.29 is 14.3 Å². The molecule has 4 N–H and O–H groups in total. The van der Waals surface area contributed by atoms with E-state index in [0.29, 0.717) is 23.6 Å². The lowest BCUT2D eigenvalue weighted by Crippen LogP contribution is -2.55. The van der Waals surface area contributed by atoms with Gasteiger partial charge < -0.3 is 15.4 Å². The van der Waals surface area contributed by atoms with Gasteiger partial charge in [0.15, 0.2) is 5.11 Å². The smallest absolute Gasteiger partial charge is 0.260 e. The average Bonchev–Trinajstić information content (AvgIpc) is 2.59. The van der Waals surface area contributed by atoms with Crippen molar-refractivity contribution in [2.45, 2.75) is 39.3 Å². The zero-order valence-corrected chi connectivity index (χ0v) is 17.5. The van der Waals surface area contributed by atoms with E-state index >= 15 is 0 Å². The number of methoxy groups -OCH3 is 1. The van der Waals surface area contributed by atoms with E-state index in [2.05, 4.69) is 21.5 Å². The third-order valence-electron chi connectivity index (χ3n) is 3.53. The molecule has 27 heavy (non-hydrogen) atoms. The highest BCUT2D eigenvalue weighted by molar-refractivity contribution is 7.80. The van der Waals surface area contributed by atoms with E-state index in [1.165, 1.54) is 0 Å².